The number of hydrogen-bond donors (Lipinski definition) is 2. The molecular weight excluding hydrogens is 294 g/mol. The van der Waals surface area contributed by atoms with Crippen LogP contribution in [0.4, 0.5) is 5.69 Å². The summed E-state index contributed by atoms with van der Waals surface area (Å²) in [5, 5.41) is 19.6. The summed E-state index contributed by atoms with van der Waals surface area (Å²) in [6.45, 7) is 1.33. The molecule has 1 aliphatic heterocycles. The van der Waals surface area contributed by atoms with Crippen molar-refractivity contribution >= 4 is 17.4 Å². The van der Waals surface area contributed by atoms with Crippen LogP contribution in [0.25, 0.3) is 0 Å². The zero-order chi connectivity index (χ0) is 16.6. The third-order valence-electron chi connectivity index (χ3n) is 3.83. The number of phenols is 1. The van der Waals surface area contributed by atoms with Crippen LogP contribution in [0.5, 0.6) is 5.75 Å². The highest BCUT2D eigenvalue weighted by molar-refractivity contribution is 6.16. The predicted molar refractivity (Wildman–Crippen MR) is 85.1 cm³/mol. The summed E-state index contributed by atoms with van der Waals surface area (Å²) in [5.74, 6) is -1.44. The van der Waals surface area contributed by atoms with Crippen molar-refractivity contribution in [2.45, 2.75) is 13.0 Å². The Hall–Kier alpha value is -3.08. The number of benzene rings is 2. The van der Waals surface area contributed by atoms with Gasteiger partial charge in [-0.3, -0.25) is 14.5 Å². The zero-order valence-corrected chi connectivity index (χ0v) is 12.4. The molecule has 0 fully saturated rings. The number of aliphatic hydroxyl groups is 1. The number of phenolic OH excluding ortho intramolecular Hbond substituents is 1. The number of amides is 1. The number of carbonyl (C=O) groups excluding carboxylic acids is 2. The molecule has 0 spiro atoms. The molecular formula is C18H15NO4. The highest BCUT2D eigenvalue weighted by atomic mass is 16.3. The van der Waals surface area contributed by atoms with E-state index in [1.165, 1.54) is 24.0 Å². The van der Waals surface area contributed by atoms with Crippen molar-refractivity contribution in [2.75, 3.05) is 4.90 Å². The molecule has 2 aromatic carbocycles. The number of aliphatic hydroxyl groups excluding tert-OH is 1. The molecule has 1 amide bonds. The number of nitrogens with zero attached hydrogens (tertiary/aromatic N) is 1. The minimum Gasteiger partial charge on any atom is -0.508 e. The summed E-state index contributed by atoms with van der Waals surface area (Å²) in [5.41, 5.74) is 1.29. The second-order valence-corrected chi connectivity index (χ2v) is 5.32. The van der Waals surface area contributed by atoms with Gasteiger partial charge in [-0.15, -0.1) is 0 Å². The Morgan fingerprint density at radius 1 is 1.00 bits per heavy atom. The van der Waals surface area contributed by atoms with Crippen LogP contribution in [0.15, 0.2) is 65.9 Å². The number of aromatic hydroxyl groups is 1. The van der Waals surface area contributed by atoms with Crippen LogP contribution in [0.2, 0.25) is 0 Å². The lowest BCUT2D eigenvalue weighted by atomic mass is 9.96. The van der Waals surface area contributed by atoms with E-state index >= 15 is 0 Å². The molecule has 0 bridgehead atoms. The molecule has 1 heterocycles. The van der Waals surface area contributed by atoms with Crippen LogP contribution in [-0.2, 0) is 9.59 Å². The average molecular weight is 309 g/mol. The predicted octanol–water partition coefficient (Wildman–Crippen LogP) is 2.88. The molecule has 0 saturated carbocycles. The van der Waals surface area contributed by atoms with Gasteiger partial charge in [0.15, 0.2) is 11.5 Å². The first-order valence-electron chi connectivity index (χ1n) is 7.12. The lowest BCUT2D eigenvalue weighted by Gasteiger charge is -2.26. The fraction of sp³-hybridized carbons (Fsp3) is 0.111. The first-order valence-corrected chi connectivity index (χ1v) is 7.12. The van der Waals surface area contributed by atoms with E-state index in [4.69, 9.17) is 0 Å². The Bertz CT molecular complexity index is 794. The van der Waals surface area contributed by atoms with Crippen LogP contribution < -0.4 is 4.90 Å². The second-order valence-electron chi connectivity index (χ2n) is 5.32. The van der Waals surface area contributed by atoms with E-state index in [2.05, 4.69) is 0 Å². The van der Waals surface area contributed by atoms with Crippen molar-refractivity contribution in [3.63, 3.8) is 0 Å². The van der Waals surface area contributed by atoms with Gasteiger partial charge in [0.2, 0.25) is 0 Å². The van der Waals surface area contributed by atoms with Crippen LogP contribution in [-0.4, -0.2) is 21.9 Å². The van der Waals surface area contributed by atoms with Gasteiger partial charge >= 0.3 is 0 Å². The molecule has 3 rings (SSSR count). The average Bonchev–Trinajstić information content (AvgIpc) is 2.81. The number of rotatable bonds is 3. The molecule has 0 unspecified atom stereocenters. The number of carbonyl (C=O) groups is 2. The van der Waals surface area contributed by atoms with Crippen molar-refractivity contribution in [3.8, 4) is 5.75 Å². The summed E-state index contributed by atoms with van der Waals surface area (Å²) >= 11 is 0. The number of Topliss-reactive ketones (excluding diaryl/α,β-unsaturated/α-hetero) is 1. The van der Waals surface area contributed by atoms with Gasteiger partial charge in [-0.25, -0.2) is 0 Å². The van der Waals surface area contributed by atoms with Gasteiger partial charge in [-0.05, 0) is 36.8 Å². The topological polar surface area (TPSA) is 77.8 Å². The van der Waals surface area contributed by atoms with Crippen molar-refractivity contribution < 1.29 is 19.8 Å². The molecule has 23 heavy (non-hydrogen) atoms. The minimum atomic E-state index is -0.689. The monoisotopic (exact) mass is 309 g/mol. The number of anilines is 1. The van der Waals surface area contributed by atoms with Gasteiger partial charge in [-0.2, -0.15) is 0 Å². The smallest absolute Gasteiger partial charge is 0.294 e. The summed E-state index contributed by atoms with van der Waals surface area (Å²) in [6.07, 6.45) is 0. The summed E-state index contributed by atoms with van der Waals surface area (Å²) in [4.78, 5) is 25.8. The van der Waals surface area contributed by atoms with Crippen molar-refractivity contribution in [2.24, 2.45) is 0 Å². The van der Waals surface area contributed by atoms with Gasteiger partial charge in [0.05, 0.1) is 11.6 Å². The fourth-order valence-electron chi connectivity index (χ4n) is 2.80. The molecule has 0 aromatic heterocycles. The maximum Gasteiger partial charge on any atom is 0.294 e. The molecule has 1 atom stereocenters. The SMILES string of the molecule is CC(=O)C1=C(O)C(=O)N(c2ccc(O)cc2)[C@H]1c1ccccc1. The summed E-state index contributed by atoms with van der Waals surface area (Å²) in [6, 6.07) is 14.4. The molecule has 0 radical (unpaired) electrons. The Balaban J connectivity index is 2.16. The van der Waals surface area contributed by atoms with E-state index in [9.17, 15) is 19.8 Å². The van der Waals surface area contributed by atoms with Crippen LogP contribution >= 0.6 is 0 Å². The zero-order valence-electron chi connectivity index (χ0n) is 12.4. The molecule has 116 valence electrons. The molecule has 1 aliphatic rings. The number of hydrogen-bond acceptors (Lipinski definition) is 4. The third kappa shape index (κ3) is 2.46. The van der Waals surface area contributed by atoms with Gasteiger partial charge in [-0.1, -0.05) is 30.3 Å². The maximum absolute atomic E-state index is 12.5. The second kappa shape index (κ2) is 5.61. The summed E-state index contributed by atoms with van der Waals surface area (Å²) < 4.78 is 0. The third-order valence-corrected chi connectivity index (χ3v) is 3.83. The number of ketones is 1. The van der Waals surface area contributed by atoms with Crippen molar-refractivity contribution in [1.29, 1.82) is 0 Å². The fourth-order valence-corrected chi connectivity index (χ4v) is 2.80. The Labute approximate surface area is 133 Å². The molecule has 0 saturated heterocycles. The van der Waals surface area contributed by atoms with Crippen molar-refractivity contribution in [3.05, 3.63) is 71.5 Å². The van der Waals surface area contributed by atoms with Gasteiger partial charge < -0.3 is 10.2 Å². The van der Waals surface area contributed by atoms with E-state index < -0.39 is 17.7 Å². The highest BCUT2D eigenvalue weighted by Gasteiger charge is 2.43. The lowest BCUT2D eigenvalue weighted by molar-refractivity contribution is -0.117. The van der Waals surface area contributed by atoms with E-state index in [0.29, 0.717) is 5.69 Å². The quantitative estimate of drug-likeness (QED) is 0.914. The molecule has 2 N–H and O–H groups in total. The lowest BCUT2D eigenvalue weighted by Crippen LogP contribution is -2.30. The van der Waals surface area contributed by atoms with E-state index in [1.807, 2.05) is 18.2 Å². The Morgan fingerprint density at radius 3 is 2.17 bits per heavy atom. The first kappa shape index (κ1) is 14.8. The van der Waals surface area contributed by atoms with E-state index in [0.717, 1.165) is 5.56 Å². The van der Waals surface area contributed by atoms with E-state index in [-0.39, 0.29) is 17.1 Å². The highest BCUT2D eigenvalue weighted by Crippen LogP contribution is 2.40. The molecule has 2 aromatic rings. The maximum atomic E-state index is 12.5. The molecule has 0 aliphatic carbocycles. The van der Waals surface area contributed by atoms with Crippen LogP contribution in [0, 0.1) is 0 Å². The van der Waals surface area contributed by atoms with Gasteiger partial charge in [0.1, 0.15) is 5.75 Å². The molecule has 5 nitrogen and oxygen atoms in total. The minimum absolute atomic E-state index is 0.0700. The van der Waals surface area contributed by atoms with E-state index in [1.54, 1.807) is 24.3 Å². The van der Waals surface area contributed by atoms with Gasteiger partial charge in [0.25, 0.3) is 5.91 Å². The Morgan fingerprint density at radius 2 is 1.61 bits per heavy atom. The Kier molecular flexibility index (Phi) is 3.62. The largest absolute Gasteiger partial charge is 0.508 e. The first-order chi connectivity index (χ1) is 11.0. The van der Waals surface area contributed by atoms with Crippen LogP contribution in [0.3, 0.4) is 0 Å². The standard InChI is InChI=1S/C18H15NO4/c1-11(20)15-16(12-5-3-2-4-6-12)19(18(23)17(15)22)13-7-9-14(21)10-8-13/h2-10,16,21-22H,1H3/t16-/m0/s1. The van der Waals surface area contributed by atoms with Crippen molar-refractivity contribution in [1.82, 2.24) is 0 Å². The summed E-state index contributed by atoms with van der Waals surface area (Å²) in [7, 11) is 0. The van der Waals surface area contributed by atoms with Crippen LogP contribution in [0.1, 0.15) is 18.5 Å². The normalized spacial score (nSPS) is 17.7. The molecule has 5 heteroatoms. The van der Waals surface area contributed by atoms with Gasteiger partial charge in [0, 0.05) is 5.69 Å².